The Balaban J connectivity index is 1.46. The summed E-state index contributed by atoms with van der Waals surface area (Å²) in [5, 5.41) is 9.83. The van der Waals surface area contributed by atoms with Gasteiger partial charge in [0.1, 0.15) is 11.6 Å². The first-order valence-corrected chi connectivity index (χ1v) is 11.2. The third-order valence-corrected chi connectivity index (χ3v) is 6.06. The molecule has 6 nitrogen and oxygen atoms in total. The quantitative estimate of drug-likeness (QED) is 0.483. The van der Waals surface area contributed by atoms with Crippen LogP contribution in [0.15, 0.2) is 53.8 Å². The van der Waals surface area contributed by atoms with Gasteiger partial charge in [0.25, 0.3) is 0 Å². The Hall–Kier alpha value is -2.29. The number of benzene rings is 1. The molecule has 3 aromatic rings. The maximum Gasteiger partial charge on any atom is 0.191 e. The van der Waals surface area contributed by atoms with E-state index in [4.69, 9.17) is 4.74 Å². The third-order valence-electron chi connectivity index (χ3n) is 5.06. The Morgan fingerprint density at radius 2 is 2.03 bits per heavy atom. The highest BCUT2D eigenvalue weighted by Gasteiger charge is 2.21. The zero-order chi connectivity index (χ0) is 20.8. The summed E-state index contributed by atoms with van der Waals surface area (Å²) in [6, 6.07) is 12.6. The smallest absolute Gasteiger partial charge is 0.191 e. The molecule has 1 atom stereocenters. The Morgan fingerprint density at radius 1 is 1.17 bits per heavy atom. The predicted molar refractivity (Wildman–Crippen MR) is 114 cm³/mol. The van der Waals surface area contributed by atoms with Gasteiger partial charge >= 0.3 is 0 Å². The van der Waals surface area contributed by atoms with Crippen LogP contribution in [0.25, 0.3) is 0 Å². The van der Waals surface area contributed by atoms with E-state index in [0.29, 0.717) is 13.1 Å². The van der Waals surface area contributed by atoms with E-state index in [2.05, 4.69) is 24.6 Å². The maximum atomic E-state index is 13.2. The molecule has 0 saturated carbocycles. The third kappa shape index (κ3) is 5.65. The molecule has 0 amide bonds. The van der Waals surface area contributed by atoms with Gasteiger partial charge in [0, 0.05) is 25.1 Å². The summed E-state index contributed by atoms with van der Waals surface area (Å²) in [5.74, 6) is 1.45. The Bertz CT molecular complexity index is 928. The summed E-state index contributed by atoms with van der Waals surface area (Å²) >= 11 is 1.65. The average molecular weight is 428 g/mol. The second-order valence-electron chi connectivity index (χ2n) is 7.55. The molecule has 4 rings (SSSR count). The van der Waals surface area contributed by atoms with Crippen LogP contribution in [0.5, 0.6) is 0 Å². The van der Waals surface area contributed by atoms with Crippen molar-refractivity contribution in [1.82, 2.24) is 24.6 Å². The van der Waals surface area contributed by atoms with Gasteiger partial charge in [0.2, 0.25) is 0 Å². The molecule has 0 spiro atoms. The van der Waals surface area contributed by atoms with E-state index >= 15 is 0 Å². The molecule has 1 fully saturated rings. The molecule has 0 radical (unpaired) electrons. The SMILES string of the molecule is CN(Cc1ccc(F)cc1)Cc1nnc(SCc2ccccn2)n1CC1CCCO1. The van der Waals surface area contributed by atoms with Crippen LogP contribution in [-0.2, 0) is 30.1 Å². The van der Waals surface area contributed by atoms with E-state index in [0.717, 1.165) is 54.0 Å². The van der Waals surface area contributed by atoms with Gasteiger partial charge < -0.3 is 9.30 Å². The van der Waals surface area contributed by atoms with Crippen LogP contribution in [0.4, 0.5) is 4.39 Å². The van der Waals surface area contributed by atoms with Crippen LogP contribution in [0.2, 0.25) is 0 Å². The lowest BCUT2D eigenvalue weighted by atomic mass is 10.2. The Labute approximate surface area is 180 Å². The van der Waals surface area contributed by atoms with Crippen molar-refractivity contribution in [3.8, 4) is 0 Å². The minimum absolute atomic E-state index is 0.205. The largest absolute Gasteiger partial charge is 0.376 e. The number of aromatic nitrogens is 4. The van der Waals surface area contributed by atoms with Crippen LogP contribution >= 0.6 is 11.8 Å². The number of pyridine rings is 1. The fourth-order valence-corrected chi connectivity index (χ4v) is 4.42. The van der Waals surface area contributed by atoms with Crippen molar-refractivity contribution in [2.24, 2.45) is 0 Å². The van der Waals surface area contributed by atoms with Gasteiger partial charge in [-0.3, -0.25) is 9.88 Å². The Kier molecular flexibility index (Phi) is 7.09. The van der Waals surface area contributed by atoms with E-state index in [-0.39, 0.29) is 11.9 Å². The minimum atomic E-state index is -0.215. The summed E-state index contributed by atoms with van der Waals surface area (Å²) in [4.78, 5) is 6.56. The molecule has 1 aliphatic heterocycles. The van der Waals surface area contributed by atoms with Gasteiger partial charge in [-0.1, -0.05) is 30.0 Å². The van der Waals surface area contributed by atoms with E-state index in [1.807, 2.05) is 43.6 Å². The normalized spacial score (nSPS) is 16.4. The molecule has 0 aliphatic carbocycles. The second kappa shape index (κ2) is 10.1. The number of thioether (sulfide) groups is 1. The van der Waals surface area contributed by atoms with Gasteiger partial charge in [-0.05, 0) is 49.7 Å². The molecule has 0 N–H and O–H groups in total. The number of hydrogen-bond donors (Lipinski definition) is 0. The van der Waals surface area contributed by atoms with Crippen molar-refractivity contribution in [3.63, 3.8) is 0 Å². The van der Waals surface area contributed by atoms with Crippen molar-refractivity contribution in [2.75, 3.05) is 13.7 Å². The van der Waals surface area contributed by atoms with Gasteiger partial charge in [-0.15, -0.1) is 10.2 Å². The topological polar surface area (TPSA) is 56.1 Å². The molecular weight excluding hydrogens is 401 g/mol. The van der Waals surface area contributed by atoms with Gasteiger partial charge in [0.15, 0.2) is 5.16 Å². The molecule has 0 bridgehead atoms. The molecular formula is C22H26FN5OS. The lowest BCUT2D eigenvalue weighted by molar-refractivity contribution is 0.0934. The molecule has 1 aliphatic rings. The van der Waals surface area contributed by atoms with Crippen molar-refractivity contribution in [1.29, 1.82) is 0 Å². The van der Waals surface area contributed by atoms with Crippen molar-refractivity contribution >= 4 is 11.8 Å². The first-order valence-electron chi connectivity index (χ1n) is 10.2. The van der Waals surface area contributed by atoms with Crippen LogP contribution < -0.4 is 0 Å². The van der Waals surface area contributed by atoms with Crippen LogP contribution in [0, 0.1) is 5.82 Å². The van der Waals surface area contributed by atoms with Crippen molar-refractivity contribution in [3.05, 3.63) is 71.6 Å². The van der Waals surface area contributed by atoms with Gasteiger partial charge in [-0.25, -0.2) is 4.39 Å². The Morgan fingerprint density at radius 3 is 2.77 bits per heavy atom. The minimum Gasteiger partial charge on any atom is -0.376 e. The molecule has 8 heteroatoms. The number of hydrogen-bond acceptors (Lipinski definition) is 6. The molecule has 2 aromatic heterocycles. The lowest BCUT2D eigenvalue weighted by Gasteiger charge is -2.19. The summed E-state index contributed by atoms with van der Waals surface area (Å²) in [7, 11) is 2.04. The summed E-state index contributed by atoms with van der Waals surface area (Å²) in [6.45, 7) is 2.95. The summed E-state index contributed by atoms with van der Waals surface area (Å²) in [5.41, 5.74) is 2.08. The van der Waals surface area contributed by atoms with Crippen LogP contribution in [-0.4, -0.2) is 44.4 Å². The second-order valence-corrected chi connectivity index (χ2v) is 8.50. The number of ether oxygens (including phenoxy) is 1. The number of nitrogens with zero attached hydrogens (tertiary/aromatic N) is 5. The van der Waals surface area contributed by atoms with Crippen LogP contribution in [0.3, 0.4) is 0 Å². The molecule has 1 aromatic carbocycles. The number of rotatable bonds is 9. The van der Waals surface area contributed by atoms with Crippen molar-refractivity contribution < 1.29 is 9.13 Å². The predicted octanol–water partition coefficient (Wildman–Crippen LogP) is 3.92. The highest BCUT2D eigenvalue weighted by molar-refractivity contribution is 7.98. The molecule has 1 saturated heterocycles. The monoisotopic (exact) mass is 427 g/mol. The van der Waals surface area contributed by atoms with Gasteiger partial charge in [-0.2, -0.15) is 0 Å². The highest BCUT2D eigenvalue weighted by atomic mass is 32.2. The first-order chi connectivity index (χ1) is 14.7. The van der Waals surface area contributed by atoms with E-state index in [1.165, 1.54) is 12.1 Å². The molecule has 3 heterocycles. The summed E-state index contributed by atoms with van der Waals surface area (Å²) in [6.07, 6.45) is 4.18. The van der Waals surface area contributed by atoms with Crippen LogP contribution in [0.1, 0.15) is 29.9 Å². The van der Waals surface area contributed by atoms with Crippen molar-refractivity contribution in [2.45, 2.75) is 49.5 Å². The summed E-state index contributed by atoms with van der Waals surface area (Å²) < 4.78 is 21.2. The maximum absolute atomic E-state index is 13.2. The fourth-order valence-electron chi connectivity index (χ4n) is 3.54. The molecule has 1 unspecified atom stereocenters. The zero-order valence-corrected chi connectivity index (χ0v) is 17.9. The molecule has 30 heavy (non-hydrogen) atoms. The standard InChI is InChI=1S/C22H26FN5OS/c1-27(13-17-7-9-18(23)10-8-17)15-21-25-26-22(28(21)14-20-6-4-12-29-20)30-16-19-5-2-3-11-24-19/h2-3,5,7-11,20H,4,6,12-16H2,1H3. The lowest BCUT2D eigenvalue weighted by Crippen LogP contribution is -2.23. The number of halogens is 1. The highest BCUT2D eigenvalue weighted by Crippen LogP contribution is 2.24. The molecule has 158 valence electrons. The van der Waals surface area contributed by atoms with Gasteiger partial charge in [0.05, 0.1) is 24.9 Å². The zero-order valence-electron chi connectivity index (χ0n) is 17.1. The first kappa shape index (κ1) is 21.0. The van der Waals surface area contributed by atoms with E-state index < -0.39 is 0 Å². The van der Waals surface area contributed by atoms with E-state index in [9.17, 15) is 4.39 Å². The van der Waals surface area contributed by atoms with E-state index in [1.54, 1.807) is 11.8 Å². The fraction of sp³-hybridized carbons (Fsp3) is 0.409. The average Bonchev–Trinajstić information content (AvgIpc) is 3.40.